The van der Waals surface area contributed by atoms with Gasteiger partial charge in [-0.3, -0.25) is 9.48 Å². The van der Waals surface area contributed by atoms with E-state index in [9.17, 15) is 4.79 Å². The average Bonchev–Trinajstić information content (AvgIpc) is 2.88. The first kappa shape index (κ1) is 20.3. The van der Waals surface area contributed by atoms with Crippen molar-refractivity contribution in [3.63, 3.8) is 0 Å². The summed E-state index contributed by atoms with van der Waals surface area (Å²) in [6, 6.07) is -0.00300. The van der Waals surface area contributed by atoms with Crippen LogP contribution in [0.5, 0.6) is 0 Å². The van der Waals surface area contributed by atoms with Gasteiger partial charge in [0.2, 0.25) is 5.95 Å². The van der Waals surface area contributed by atoms with Gasteiger partial charge in [-0.05, 0) is 58.4 Å². The fraction of sp³-hybridized carbons (Fsp3) is 0.619. The molecule has 7 heteroatoms. The van der Waals surface area contributed by atoms with Gasteiger partial charge in [0.25, 0.3) is 5.91 Å². The Morgan fingerprint density at radius 3 is 2.50 bits per heavy atom. The summed E-state index contributed by atoms with van der Waals surface area (Å²) in [6.07, 6.45) is 4.74. The zero-order valence-corrected chi connectivity index (χ0v) is 17.9. The highest BCUT2D eigenvalue weighted by atomic mass is 16.1. The van der Waals surface area contributed by atoms with E-state index in [0.717, 1.165) is 61.3 Å². The third-order valence-corrected chi connectivity index (χ3v) is 5.82. The van der Waals surface area contributed by atoms with Gasteiger partial charge in [0.15, 0.2) is 0 Å². The van der Waals surface area contributed by atoms with Gasteiger partial charge in [0.1, 0.15) is 0 Å². The highest BCUT2D eigenvalue weighted by molar-refractivity contribution is 5.95. The van der Waals surface area contributed by atoms with Crippen molar-refractivity contribution in [1.29, 1.82) is 0 Å². The fourth-order valence-corrected chi connectivity index (χ4v) is 3.81. The summed E-state index contributed by atoms with van der Waals surface area (Å²) >= 11 is 0. The lowest BCUT2D eigenvalue weighted by Crippen LogP contribution is -2.36. The first-order valence-corrected chi connectivity index (χ1v) is 10.1. The van der Waals surface area contributed by atoms with Crippen LogP contribution in [0.4, 0.5) is 5.95 Å². The summed E-state index contributed by atoms with van der Waals surface area (Å²) in [4.78, 5) is 24.0. The number of nitrogens with zero attached hydrogens (tertiary/aromatic N) is 5. The summed E-state index contributed by atoms with van der Waals surface area (Å²) in [5.74, 6) is 1.37. The second-order valence-electron chi connectivity index (χ2n) is 8.19. The summed E-state index contributed by atoms with van der Waals surface area (Å²) in [7, 11) is 1.94. The van der Waals surface area contributed by atoms with Crippen LogP contribution in [0.1, 0.15) is 59.7 Å². The smallest absolute Gasteiger partial charge is 0.254 e. The first-order chi connectivity index (χ1) is 13.3. The normalized spacial score (nSPS) is 16.3. The molecule has 28 heavy (non-hydrogen) atoms. The van der Waals surface area contributed by atoms with Crippen molar-refractivity contribution in [3.8, 4) is 0 Å². The van der Waals surface area contributed by atoms with Crippen LogP contribution < -0.4 is 10.2 Å². The number of anilines is 1. The molecular weight excluding hydrogens is 352 g/mol. The van der Waals surface area contributed by atoms with Crippen molar-refractivity contribution < 1.29 is 4.79 Å². The standard InChI is InChI=1S/C21H32N6O/c1-13-7-9-27(10-8-13)21-22-12-19(15(3)24-21)20(28)23-14(2)11-18-16(4)25-26(6)17(18)5/h12-14H,7-11H2,1-6H3,(H,23,28)/t14-/m1/s1. The summed E-state index contributed by atoms with van der Waals surface area (Å²) in [5, 5.41) is 7.54. The number of aromatic nitrogens is 4. The third kappa shape index (κ3) is 4.34. The van der Waals surface area contributed by atoms with Crippen LogP contribution in [0.3, 0.4) is 0 Å². The molecule has 1 atom stereocenters. The van der Waals surface area contributed by atoms with Crippen molar-refractivity contribution >= 4 is 11.9 Å². The maximum atomic E-state index is 12.7. The lowest BCUT2D eigenvalue weighted by molar-refractivity contribution is 0.0938. The van der Waals surface area contributed by atoms with Gasteiger partial charge in [-0.1, -0.05) is 6.92 Å². The maximum Gasteiger partial charge on any atom is 0.254 e. The molecule has 0 spiro atoms. The van der Waals surface area contributed by atoms with E-state index in [1.165, 1.54) is 5.56 Å². The van der Waals surface area contributed by atoms with Gasteiger partial charge < -0.3 is 10.2 Å². The molecule has 2 aromatic rings. The number of carbonyl (C=O) groups is 1. The van der Waals surface area contributed by atoms with E-state index in [2.05, 4.69) is 39.1 Å². The predicted molar refractivity (Wildman–Crippen MR) is 111 cm³/mol. The minimum atomic E-state index is -0.122. The number of carbonyl (C=O) groups excluding carboxylic acids is 1. The number of hydrogen-bond donors (Lipinski definition) is 1. The Bertz CT molecular complexity index is 851. The zero-order valence-electron chi connectivity index (χ0n) is 17.9. The van der Waals surface area contributed by atoms with Crippen LogP contribution >= 0.6 is 0 Å². The molecule has 0 unspecified atom stereocenters. The average molecular weight is 385 g/mol. The second kappa shape index (κ2) is 8.29. The molecule has 3 rings (SSSR count). The van der Waals surface area contributed by atoms with Gasteiger partial charge in [-0.25, -0.2) is 9.97 Å². The molecule has 3 heterocycles. The van der Waals surface area contributed by atoms with Crippen molar-refractivity contribution in [2.75, 3.05) is 18.0 Å². The molecule has 2 aromatic heterocycles. The topological polar surface area (TPSA) is 75.9 Å². The second-order valence-corrected chi connectivity index (χ2v) is 8.19. The van der Waals surface area contributed by atoms with Gasteiger partial charge in [-0.15, -0.1) is 0 Å². The van der Waals surface area contributed by atoms with Crippen molar-refractivity contribution in [3.05, 3.63) is 34.4 Å². The van der Waals surface area contributed by atoms with Crippen molar-refractivity contribution in [2.45, 2.75) is 59.9 Å². The van der Waals surface area contributed by atoms with E-state index in [1.54, 1.807) is 6.20 Å². The Morgan fingerprint density at radius 1 is 1.25 bits per heavy atom. The Morgan fingerprint density at radius 2 is 1.93 bits per heavy atom. The van der Waals surface area contributed by atoms with Gasteiger partial charge in [0.05, 0.1) is 17.0 Å². The van der Waals surface area contributed by atoms with Gasteiger partial charge in [-0.2, -0.15) is 5.10 Å². The monoisotopic (exact) mass is 384 g/mol. The van der Waals surface area contributed by atoms with Crippen LogP contribution in [0, 0.1) is 26.7 Å². The zero-order chi connectivity index (χ0) is 20.4. The predicted octanol–water partition coefficient (Wildman–Crippen LogP) is 2.73. The largest absolute Gasteiger partial charge is 0.349 e. The molecule has 1 N–H and O–H groups in total. The van der Waals surface area contributed by atoms with Crippen LogP contribution in [0.2, 0.25) is 0 Å². The molecule has 0 aliphatic carbocycles. The van der Waals surface area contributed by atoms with Crippen LogP contribution in [-0.4, -0.2) is 44.8 Å². The maximum absolute atomic E-state index is 12.7. The van der Waals surface area contributed by atoms with Crippen molar-refractivity contribution in [1.82, 2.24) is 25.1 Å². The molecule has 7 nitrogen and oxygen atoms in total. The molecule has 1 amide bonds. The molecular formula is C21H32N6O. The quantitative estimate of drug-likeness (QED) is 0.858. The Labute approximate surface area is 167 Å². The highest BCUT2D eigenvalue weighted by Crippen LogP contribution is 2.21. The molecule has 0 radical (unpaired) electrons. The minimum Gasteiger partial charge on any atom is -0.349 e. The number of rotatable bonds is 5. The Kier molecular flexibility index (Phi) is 6.01. The summed E-state index contributed by atoms with van der Waals surface area (Å²) in [5.41, 5.74) is 4.61. The fourth-order valence-electron chi connectivity index (χ4n) is 3.81. The summed E-state index contributed by atoms with van der Waals surface area (Å²) in [6.45, 7) is 12.2. The molecule has 1 aliphatic rings. The Balaban J connectivity index is 1.65. The Hall–Kier alpha value is -2.44. The van der Waals surface area contributed by atoms with Crippen LogP contribution in [0.15, 0.2) is 6.20 Å². The molecule has 152 valence electrons. The minimum absolute atomic E-state index is 0.00300. The van der Waals surface area contributed by atoms with Gasteiger partial charge in [0, 0.05) is 38.1 Å². The molecule has 0 bridgehead atoms. The van der Waals surface area contributed by atoms with E-state index in [1.807, 2.05) is 32.5 Å². The van der Waals surface area contributed by atoms with E-state index in [4.69, 9.17) is 0 Å². The molecule has 0 aromatic carbocycles. The lowest BCUT2D eigenvalue weighted by atomic mass is 10.00. The molecule has 1 saturated heterocycles. The van der Waals surface area contributed by atoms with Crippen LogP contribution in [0.25, 0.3) is 0 Å². The number of hydrogen-bond acceptors (Lipinski definition) is 5. The lowest BCUT2D eigenvalue weighted by Gasteiger charge is -2.30. The number of piperidine rings is 1. The van der Waals surface area contributed by atoms with Crippen LogP contribution in [-0.2, 0) is 13.5 Å². The van der Waals surface area contributed by atoms with Crippen molar-refractivity contribution in [2.24, 2.45) is 13.0 Å². The van der Waals surface area contributed by atoms with Gasteiger partial charge >= 0.3 is 0 Å². The third-order valence-electron chi connectivity index (χ3n) is 5.82. The molecule has 1 aliphatic heterocycles. The number of aryl methyl sites for hydroxylation is 3. The van der Waals surface area contributed by atoms with E-state index in [0.29, 0.717) is 5.56 Å². The highest BCUT2D eigenvalue weighted by Gasteiger charge is 2.21. The van der Waals surface area contributed by atoms with E-state index < -0.39 is 0 Å². The first-order valence-electron chi connectivity index (χ1n) is 10.1. The SMILES string of the molecule is Cc1nc(N2CCC(C)CC2)ncc1C(=O)N[C@H](C)Cc1c(C)nn(C)c1C. The molecule has 0 saturated carbocycles. The molecule has 1 fully saturated rings. The van der Waals surface area contributed by atoms with E-state index >= 15 is 0 Å². The number of amides is 1. The van der Waals surface area contributed by atoms with E-state index in [-0.39, 0.29) is 11.9 Å². The number of nitrogens with one attached hydrogen (secondary N) is 1. The summed E-state index contributed by atoms with van der Waals surface area (Å²) < 4.78 is 1.89.